The van der Waals surface area contributed by atoms with E-state index in [1.807, 2.05) is 24.3 Å². The van der Waals surface area contributed by atoms with Gasteiger partial charge in [0.15, 0.2) is 0 Å². The highest BCUT2D eigenvalue weighted by molar-refractivity contribution is 9.09. The Balaban J connectivity index is 2.47. The maximum absolute atomic E-state index is 9.22. The van der Waals surface area contributed by atoms with E-state index in [0.29, 0.717) is 0 Å². The molecular weight excluding hydrogens is 256 g/mol. The van der Waals surface area contributed by atoms with Crippen LogP contribution in [0.2, 0.25) is 0 Å². The summed E-state index contributed by atoms with van der Waals surface area (Å²) in [4.78, 5) is 4.38. The van der Waals surface area contributed by atoms with Crippen molar-refractivity contribution < 1.29 is 5.11 Å². The van der Waals surface area contributed by atoms with E-state index in [-0.39, 0.29) is 6.61 Å². The first kappa shape index (κ1) is 10.6. The number of aromatic nitrogens is 2. The average Bonchev–Trinajstić information content (AvgIpc) is 2.64. The fourth-order valence-corrected chi connectivity index (χ4v) is 1.96. The minimum absolute atomic E-state index is 0.00301. The molecule has 0 aliphatic rings. The molecule has 0 atom stereocenters. The number of hydrogen-bond acceptors (Lipinski definition) is 2. The van der Waals surface area contributed by atoms with E-state index in [4.69, 9.17) is 0 Å². The van der Waals surface area contributed by atoms with Crippen LogP contribution in [0.1, 0.15) is 12.2 Å². The van der Waals surface area contributed by atoms with Crippen molar-refractivity contribution in [2.24, 2.45) is 0 Å². The van der Waals surface area contributed by atoms with E-state index in [0.717, 1.165) is 35.2 Å². The van der Waals surface area contributed by atoms with Crippen LogP contribution >= 0.6 is 15.9 Å². The molecule has 0 aliphatic heterocycles. The summed E-state index contributed by atoms with van der Waals surface area (Å²) in [6.45, 7) is 0.888. The van der Waals surface area contributed by atoms with Gasteiger partial charge in [0.25, 0.3) is 0 Å². The maximum atomic E-state index is 9.22. The summed E-state index contributed by atoms with van der Waals surface area (Å²) in [5.74, 6) is 0.747. The molecular formula is C11H13BrN2O. The second-order valence-electron chi connectivity index (χ2n) is 3.37. The van der Waals surface area contributed by atoms with Crippen LogP contribution in [0.5, 0.6) is 0 Å². The number of imidazole rings is 1. The second-order valence-corrected chi connectivity index (χ2v) is 4.16. The number of benzene rings is 1. The molecule has 3 nitrogen and oxygen atoms in total. The van der Waals surface area contributed by atoms with Crippen LogP contribution in [-0.2, 0) is 13.2 Å². The van der Waals surface area contributed by atoms with Crippen LogP contribution in [-0.4, -0.2) is 20.0 Å². The van der Waals surface area contributed by atoms with Gasteiger partial charge in [0.1, 0.15) is 12.4 Å². The average molecular weight is 269 g/mol. The van der Waals surface area contributed by atoms with Crippen molar-refractivity contribution in [1.29, 1.82) is 0 Å². The van der Waals surface area contributed by atoms with E-state index < -0.39 is 0 Å². The van der Waals surface area contributed by atoms with Gasteiger partial charge in [-0.15, -0.1) is 0 Å². The fourth-order valence-electron chi connectivity index (χ4n) is 1.71. The number of aliphatic hydroxyl groups excluding tert-OH is 1. The van der Waals surface area contributed by atoms with Crippen molar-refractivity contribution in [3.63, 3.8) is 0 Å². The molecule has 0 fully saturated rings. The lowest BCUT2D eigenvalue weighted by Crippen LogP contribution is -2.04. The van der Waals surface area contributed by atoms with Crippen molar-refractivity contribution >= 4 is 27.0 Å². The van der Waals surface area contributed by atoms with Gasteiger partial charge in [0.2, 0.25) is 0 Å². The molecule has 2 rings (SSSR count). The molecule has 0 unspecified atom stereocenters. The zero-order valence-electron chi connectivity index (χ0n) is 8.36. The highest BCUT2D eigenvalue weighted by Crippen LogP contribution is 2.16. The molecule has 80 valence electrons. The number of nitrogens with zero attached hydrogens (tertiary/aromatic N) is 2. The van der Waals surface area contributed by atoms with E-state index >= 15 is 0 Å². The molecule has 0 amide bonds. The predicted molar refractivity (Wildman–Crippen MR) is 64.1 cm³/mol. The lowest BCUT2D eigenvalue weighted by atomic mass is 10.3. The van der Waals surface area contributed by atoms with Gasteiger partial charge >= 0.3 is 0 Å². The third kappa shape index (κ3) is 2.06. The first-order chi connectivity index (χ1) is 7.36. The zero-order valence-corrected chi connectivity index (χ0v) is 9.94. The summed E-state index contributed by atoms with van der Waals surface area (Å²) in [5.41, 5.74) is 2.05. The normalized spacial score (nSPS) is 11.1. The number of alkyl halides is 1. The summed E-state index contributed by atoms with van der Waals surface area (Å²) in [6.07, 6.45) is 1.04. The molecule has 1 aromatic heterocycles. The smallest absolute Gasteiger partial charge is 0.135 e. The van der Waals surface area contributed by atoms with Crippen LogP contribution in [0.25, 0.3) is 11.0 Å². The molecule has 0 radical (unpaired) electrons. The number of hydrogen-bond donors (Lipinski definition) is 1. The standard InChI is InChI=1S/C11H13BrN2O/c12-6-3-7-14-10-5-2-1-4-9(10)13-11(14)8-15/h1-2,4-5,15H,3,6-8H2. The molecule has 0 saturated heterocycles. The molecule has 1 heterocycles. The Kier molecular flexibility index (Phi) is 3.38. The number of aryl methyl sites for hydroxylation is 1. The monoisotopic (exact) mass is 268 g/mol. The Labute approximate surface area is 96.9 Å². The number of para-hydroxylation sites is 2. The number of rotatable bonds is 4. The Morgan fingerprint density at radius 1 is 1.33 bits per heavy atom. The van der Waals surface area contributed by atoms with Gasteiger partial charge in [-0.1, -0.05) is 28.1 Å². The number of aliphatic hydroxyl groups is 1. The molecule has 0 aliphatic carbocycles. The van der Waals surface area contributed by atoms with Crippen molar-refractivity contribution in [3.8, 4) is 0 Å². The molecule has 0 spiro atoms. The SMILES string of the molecule is OCc1nc2ccccc2n1CCCBr. The van der Waals surface area contributed by atoms with Crippen LogP contribution in [0.3, 0.4) is 0 Å². The highest BCUT2D eigenvalue weighted by atomic mass is 79.9. The minimum Gasteiger partial charge on any atom is -0.388 e. The summed E-state index contributed by atoms with van der Waals surface area (Å²) >= 11 is 3.41. The number of fused-ring (bicyclic) bond motifs is 1. The first-order valence-electron chi connectivity index (χ1n) is 4.98. The Morgan fingerprint density at radius 2 is 2.13 bits per heavy atom. The lowest BCUT2D eigenvalue weighted by molar-refractivity contribution is 0.266. The summed E-state index contributed by atoms with van der Waals surface area (Å²) in [7, 11) is 0. The van der Waals surface area contributed by atoms with Crippen molar-refractivity contribution in [1.82, 2.24) is 9.55 Å². The molecule has 15 heavy (non-hydrogen) atoms. The van der Waals surface area contributed by atoms with Gasteiger partial charge in [-0.25, -0.2) is 4.98 Å². The van der Waals surface area contributed by atoms with Gasteiger partial charge in [0, 0.05) is 11.9 Å². The van der Waals surface area contributed by atoms with Crippen LogP contribution < -0.4 is 0 Å². The van der Waals surface area contributed by atoms with Gasteiger partial charge in [-0.3, -0.25) is 0 Å². The van der Waals surface area contributed by atoms with Crippen LogP contribution in [0, 0.1) is 0 Å². The van der Waals surface area contributed by atoms with Crippen molar-refractivity contribution in [2.75, 3.05) is 5.33 Å². The molecule has 0 saturated carbocycles. The summed E-state index contributed by atoms with van der Waals surface area (Å²) < 4.78 is 2.08. The largest absolute Gasteiger partial charge is 0.388 e. The van der Waals surface area contributed by atoms with Crippen molar-refractivity contribution in [2.45, 2.75) is 19.6 Å². The third-order valence-electron chi connectivity index (χ3n) is 2.39. The Hall–Kier alpha value is -0.870. The van der Waals surface area contributed by atoms with Gasteiger partial charge in [0.05, 0.1) is 11.0 Å². The zero-order chi connectivity index (χ0) is 10.7. The minimum atomic E-state index is -0.00301. The van der Waals surface area contributed by atoms with Gasteiger partial charge in [-0.2, -0.15) is 0 Å². The van der Waals surface area contributed by atoms with Gasteiger partial charge < -0.3 is 9.67 Å². The summed E-state index contributed by atoms with van der Waals surface area (Å²) in [6, 6.07) is 7.97. The van der Waals surface area contributed by atoms with E-state index in [1.54, 1.807) is 0 Å². The van der Waals surface area contributed by atoms with E-state index in [1.165, 1.54) is 0 Å². The van der Waals surface area contributed by atoms with E-state index in [9.17, 15) is 5.11 Å². The topological polar surface area (TPSA) is 38.1 Å². The van der Waals surface area contributed by atoms with Gasteiger partial charge in [-0.05, 0) is 18.6 Å². The fraction of sp³-hybridized carbons (Fsp3) is 0.364. The Bertz CT molecular complexity index is 453. The molecule has 1 aromatic carbocycles. The molecule has 2 aromatic rings. The van der Waals surface area contributed by atoms with Crippen LogP contribution in [0.15, 0.2) is 24.3 Å². The Morgan fingerprint density at radius 3 is 2.87 bits per heavy atom. The molecule has 1 N–H and O–H groups in total. The van der Waals surface area contributed by atoms with E-state index in [2.05, 4.69) is 25.5 Å². The lowest BCUT2D eigenvalue weighted by Gasteiger charge is -2.05. The number of halogens is 1. The highest BCUT2D eigenvalue weighted by Gasteiger charge is 2.08. The third-order valence-corrected chi connectivity index (χ3v) is 2.95. The van der Waals surface area contributed by atoms with Crippen molar-refractivity contribution in [3.05, 3.63) is 30.1 Å². The second kappa shape index (κ2) is 4.77. The first-order valence-corrected chi connectivity index (χ1v) is 6.10. The maximum Gasteiger partial charge on any atom is 0.135 e. The molecule has 4 heteroatoms. The van der Waals surface area contributed by atoms with Crippen LogP contribution in [0.4, 0.5) is 0 Å². The quantitative estimate of drug-likeness (QED) is 0.865. The summed E-state index contributed by atoms with van der Waals surface area (Å²) in [5, 5.41) is 10.2. The molecule has 0 bridgehead atoms. The predicted octanol–water partition coefficient (Wildman–Crippen LogP) is 2.31.